The number of aliphatic hydroxyl groups is 1. The monoisotopic (exact) mass is 506 g/mol. The predicted octanol–water partition coefficient (Wildman–Crippen LogP) is 3.02. The lowest BCUT2D eigenvalue weighted by atomic mass is 10.1. The zero-order chi connectivity index (χ0) is 25.4. The number of nitrogens with one attached hydrogen (secondary N) is 1. The van der Waals surface area contributed by atoms with Gasteiger partial charge in [0.25, 0.3) is 5.91 Å². The molecule has 1 aliphatic rings. The number of β-amino-alcohol motifs (C(OH)–C–C–N with tert-alkyl or cyclic N) is 1. The van der Waals surface area contributed by atoms with Crippen molar-refractivity contribution in [3.63, 3.8) is 0 Å². The first-order valence-electron chi connectivity index (χ1n) is 10.4. The molecule has 182 valence electrons. The van der Waals surface area contributed by atoms with Crippen LogP contribution in [0.15, 0.2) is 47.5 Å². The average molecular weight is 507 g/mol. The number of aliphatic hydroxyl groups excluding tert-OH is 1. The second-order valence-electron chi connectivity index (χ2n) is 7.86. The van der Waals surface area contributed by atoms with Gasteiger partial charge in [0.05, 0.1) is 36.2 Å². The second-order valence-corrected chi connectivity index (χ2v) is 8.27. The van der Waals surface area contributed by atoms with Crippen LogP contribution in [-0.4, -0.2) is 45.8 Å². The van der Waals surface area contributed by atoms with Gasteiger partial charge in [-0.3, -0.25) is 28.2 Å². The molecule has 1 aromatic carbocycles. The fraction of sp³-hybridized carbons (Fsp3) is 0.217. The van der Waals surface area contributed by atoms with Crippen molar-refractivity contribution < 1.29 is 27.9 Å². The number of fused-ring (bicyclic) bond motifs is 1. The number of carbonyl (C=O) groups excluding carboxylic acids is 2. The molecule has 0 spiro atoms. The highest BCUT2D eigenvalue weighted by Gasteiger charge is 2.31. The SMILES string of the molecule is C=C(CCF)NC(=O)c1cn(-c2c(F)cc(F)cc2Cl)c2nc(N3C[C@@H](O)CC3=O)ccc2c1=O. The second kappa shape index (κ2) is 9.51. The molecule has 12 heteroatoms. The first-order chi connectivity index (χ1) is 16.6. The summed E-state index contributed by atoms with van der Waals surface area (Å²) in [6, 6.07) is 4.04. The number of alkyl halides is 1. The van der Waals surface area contributed by atoms with Crippen LogP contribution in [0.3, 0.4) is 0 Å². The third-order valence-electron chi connectivity index (χ3n) is 5.37. The Morgan fingerprint density at radius 2 is 2.03 bits per heavy atom. The van der Waals surface area contributed by atoms with E-state index >= 15 is 0 Å². The van der Waals surface area contributed by atoms with E-state index in [1.165, 1.54) is 17.0 Å². The van der Waals surface area contributed by atoms with Crippen molar-refractivity contribution in [1.29, 1.82) is 0 Å². The number of halogens is 4. The van der Waals surface area contributed by atoms with E-state index in [1.54, 1.807) is 0 Å². The smallest absolute Gasteiger partial charge is 0.260 e. The molecule has 1 atom stereocenters. The number of hydrogen-bond donors (Lipinski definition) is 2. The lowest BCUT2D eigenvalue weighted by molar-refractivity contribution is -0.117. The summed E-state index contributed by atoms with van der Waals surface area (Å²) < 4.78 is 42.2. The highest BCUT2D eigenvalue weighted by atomic mass is 35.5. The van der Waals surface area contributed by atoms with Crippen LogP contribution >= 0.6 is 11.6 Å². The minimum absolute atomic E-state index is 0.0223. The molecule has 3 aromatic rings. The van der Waals surface area contributed by atoms with Crippen molar-refractivity contribution >= 4 is 40.3 Å². The number of pyridine rings is 2. The average Bonchev–Trinajstić information content (AvgIpc) is 3.12. The van der Waals surface area contributed by atoms with Crippen LogP contribution in [0.25, 0.3) is 16.7 Å². The lowest BCUT2D eigenvalue weighted by Crippen LogP contribution is -2.30. The largest absolute Gasteiger partial charge is 0.391 e. The molecular weight excluding hydrogens is 489 g/mol. The standard InChI is InChI=1S/C23H18ClF3N4O4/c1-11(4-5-25)28-23(35)15-10-31(20-16(24)6-12(26)7-17(20)27)22-14(21(15)34)2-3-18(29-22)30-9-13(32)8-19(30)33/h2-3,6-7,10,13,32H,1,4-5,8-9H2,(H,28,35)/t13-/m0/s1. The van der Waals surface area contributed by atoms with Crippen molar-refractivity contribution in [2.45, 2.75) is 18.9 Å². The number of benzene rings is 1. The number of nitrogens with zero attached hydrogens (tertiary/aromatic N) is 3. The van der Waals surface area contributed by atoms with E-state index in [2.05, 4.69) is 16.9 Å². The van der Waals surface area contributed by atoms with E-state index in [-0.39, 0.29) is 47.0 Å². The van der Waals surface area contributed by atoms with Gasteiger partial charge >= 0.3 is 0 Å². The Hall–Kier alpha value is -3.70. The molecule has 8 nitrogen and oxygen atoms in total. The van der Waals surface area contributed by atoms with Crippen LogP contribution in [0, 0.1) is 11.6 Å². The molecule has 1 aliphatic heterocycles. The quantitative estimate of drug-likeness (QED) is 0.535. The van der Waals surface area contributed by atoms with Crippen LogP contribution in [0.1, 0.15) is 23.2 Å². The van der Waals surface area contributed by atoms with Crippen molar-refractivity contribution in [2.75, 3.05) is 18.1 Å². The highest BCUT2D eigenvalue weighted by Crippen LogP contribution is 2.29. The van der Waals surface area contributed by atoms with Crippen LogP contribution < -0.4 is 15.6 Å². The Bertz CT molecular complexity index is 1420. The maximum Gasteiger partial charge on any atom is 0.260 e. The Kier molecular flexibility index (Phi) is 6.64. The van der Waals surface area contributed by atoms with Gasteiger partial charge in [-0.25, -0.2) is 13.8 Å². The van der Waals surface area contributed by atoms with Crippen LogP contribution in [-0.2, 0) is 4.79 Å². The van der Waals surface area contributed by atoms with Gasteiger partial charge in [0.1, 0.15) is 22.9 Å². The molecule has 1 fully saturated rings. The zero-order valence-electron chi connectivity index (χ0n) is 18.0. The van der Waals surface area contributed by atoms with Gasteiger partial charge in [-0.05, 0) is 18.2 Å². The maximum absolute atomic E-state index is 14.9. The number of carbonyl (C=O) groups is 2. The van der Waals surface area contributed by atoms with Crippen LogP contribution in [0.2, 0.25) is 5.02 Å². The molecule has 0 radical (unpaired) electrons. The number of hydrogen-bond acceptors (Lipinski definition) is 5. The molecule has 0 bridgehead atoms. The van der Waals surface area contributed by atoms with Gasteiger partial charge in [-0.1, -0.05) is 18.2 Å². The molecular formula is C23H18ClF3N4O4. The summed E-state index contributed by atoms with van der Waals surface area (Å²) in [6.45, 7) is 2.69. The summed E-state index contributed by atoms with van der Waals surface area (Å²) >= 11 is 6.12. The number of amides is 2. The molecule has 0 unspecified atom stereocenters. The molecule has 4 rings (SSSR count). The van der Waals surface area contributed by atoms with Gasteiger partial charge in [0.15, 0.2) is 11.5 Å². The first-order valence-corrected chi connectivity index (χ1v) is 10.7. The highest BCUT2D eigenvalue weighted by molar-refractivity contribution is 6.32. The van der Waals surface area contributed by atoms with Crippen molar-refractivity contribution in [3.05, 3.63) is 75.2 Å². The Morgan fingerprint density at radius 3 is 2.66 bits per heavy atom. The Morgan fingerprint density at radius 1 is 1.29 bits per heavy atom. The minimum Gasteiger partial charge on any atom is -0.391 e. The molecule has 0 saturated carbocycles. The first kappa shape index (κ1) is 24.4. The van der Waals surface area contributed by atoms with E-state index < -0.39 is 52.9 Å². The fourth-order valence-corrected chi connectivity index (χ4v) is 4.04. The number of rotatable bonds is 6. The summed E-state index contributed by atoms with van der Waals surface area (Å²) in [4.78, 5) is 43.6. The van der Waals surface area contributed by atoms with E-state index in [9.17, 15) is 32.7 Å². The minimum atomic E-state index is -1.10. The molecule has 1 saturated heterocycles. The predicted molar refractivity (Wildman–Crippen MR) is 122 cm³/mol. The van der Waals surface area contributed by atoms with Crippen LogP contribution in [0.4, 0.5) is 19.0 Å². The summed E-state index contributed by atoms with van der Waals surface area (Å²) in [5.74, 6) is -3.32. The summed E-state index contributed by atoms with van der Waals surface area (Å²) in [5, 5.41) is 11.6. The topological polar surface area (TPSA) is 105 Å². The van der Waals surface area contributed by atoms with Crippen LogP contribution in [0.5, 0.6) is 0 Å². The van der Waals surface area contributed by atoms with Gasteiger partial charge in [-0.15, -0.1) is 0 Å². The molecule has 2 N–H and O–H groups in total. The normalized spacial score (nSPS) is 15.6. The number of aromatic nitrogens is 2. The van der Waals surface area contributed by atoms with Gasteiger partial charge in [0.2, 0.25) is 11.3 Å². The third kappa shape index (κ3) is 4.64. The number of allylic oxidation sites excluding steroid dienone is 1. The fourth-order valence-electron chi connectivity index (χ4n) is 3.76. The Labute approximate surface area is 201 Å². The summed E-state index contributed by atoms with van der Waals surface area (Å²) in [5.41, 5.74) is -1.79. The van der Waals surface area contributed by atoms with Crippen molar-refractivity contribution in [1.82, 2.24) is 14.9 Å². The Balaban J connectivity index is 1.97. The molecule has 2 amide bonds. The lowest BCUT2D eigenvalue weighted by Gasteiger charge is -2.19. The van der Waals surface area contributed by atoms with Crippen molar-refractivity contribution in [2.24, 2.45) is 0 Å². The summed E-state index contributed by atoms with van der Waals surface area (Å²) in [7, 11) is 0. The maximum atomic E-state index is 14.9. The summed E-state index contributed by atoms with van der Waals surface area (Å²) in [6.07, 6.45) is -0.225. The van der Waals surface area contributed by atoms with E-state index in [4.69, 9.17) is 11.6 Å². The third-order valence-corrected chi connectivity index (χ3v) is 5.66. The van der Waals surface area contributed by atoms with Gasteiger partial charge in [0, 0.05) is 24.4 Å². The molecule has 0 aliphatic carbocycles. The van der Waals surface area contributed by atoms with Gasteiger partial charge in [-0.2, -0.15) is 0 Å². The molecule has 2 aromatic heterocycles. The van der Waals surface area contributed by atoms with E-state index in [0.29, 0.717) is 6.07 Å². The van der Waals surface area contributed by atoms with E-state index in [1.807, 2.05) is 0 Å². The zero-order valence-corrected chi connectivity index (χ0v) is 18.8. The molecule has 35 heavy (non-hydrogen) atoms. The van der Waals surface area contributed by atoms with E-state index in [0.717, 1.165) is 16.8 Å². The molecule has 3 heterocycles. The number of anilines is 1. The van der Waals surface area contributed by atoms with Crippen molar-refractivity contribution in [3.8, 4) is 5.69 Å². The van der Waals surface area contributed by atoms with Gasteiger partial charge < -0.3 is 10.4 Å².